The molecule has 7 nitrogen and oxygen atoms in total. The molecule has 1 atom stereocenters. The van der Waals surface area contributed by atoms with Gasteiger partial charge >= 0.3 is 0 Å². The summed E-state index contributed by atoms with van der Waals surface area (Å²) in [5.41, 5.74) is 2.13. The van der Waals surface area contributed by atoms with Crippen molar-refractivity contribution in [2.24, 2.45) is 0 Å². The molecule has 2 aromatic heterocycles. The zero-order valence-corrected chi connectivity index (χ0v) is 13.7. The number of hydrogen-bond acceptors (Lipinski definition) is 6. The number of aryl methyl sites for hydroxylation is 1. The number of aromatic nitrogens is 3. The maximum absolute atomic E-state index is 12.7. The Bertz CT molecular complexity index is 697. The topological polar surface area (TPSA) is 75.4 Å². The smallest absolute Gasteiger partial charge is 0.276 e. The summed E-state index contributed by atoms with van der Waals surface area (Å²) in [6.45, 7) is 3.18. The van der Waals surface area contributed by atoms with Crippen LogP contribution in [0.5, 0.6) is 0 Å². The van der Waals surface area contributed by atoms with Gasteiger partial charge in [-0.1, -0.05) is 0 Å². The van der Waals surface area contributed by atoms with Crippen LogP contribution in [0.15, 0.2) is 23.2 Å². The minimum Gasteiger partial charge on any atom is -0.448 e. The second kappa shape index (κ2) is 6.45. The molecule has 2 aromatic rings. The van der Waals surface area contributed by atoms with Crippen LogP contribution in [0.3, 0.4) is 0 Å². The maximum Gasteiger partial charge on any atom is 0.276 e. The van der Waals surface area contributed by atoms with Crippen LogP contribution < -0.4 is 0 Å². The molecule has 0 N–H and O–H groups in total. The third kappa shape index (κ3) is 3.24. The number of nitrogens with zero attached hydrogens (tertiary/aromatic N) is 5. The van der Waals surface area contributed by atoms with Gasteiger partial charge in [-0.25, -0.2) is 4.98 Å². The first-order valence-corrected chi connectivity index (χ1v) is 7.73. The van der Waals surface area contributed by atoms with Gasteiger partial charge in [-0.05, 0) is 33.9 Å². The minimum atomic E-state index is -0.0986. The molecule has 1 unspecified atom stereocenters. The van der Waals surface area contributed by atoms with Crippen LogP contribution in [0.25, 0.3) is 0 Å². The van der Waals surface area contributed by atoms with Gasteiger partial charge in [0.05, 0.1) is 23.6 Å². The molecular weight excluding hydrogens is 294 g/mol. The number of carbonyl (C=O) groups is 1. The molecule has 3 rings (SSSR count). The van der Waals surface area contributed by atoms with Gasteiger partial charge in [0.1, 0.15) is 5.76 Å². The van der Waals surface area contributed by atoms with Crippen molar-refractivity contribution in [3.8, 4) is 0 Å². The van der Waals surface area contributed by atoms with E-state index in [4.69, 9.17) is 4.42 Å². The van der Waals surface area contributed by atoms with E-state index >= 15 is 0 Å². The van der Waals surface area contributed by atoms with Crippen LogP contribution >= 0.6 is 0 Å². The standard InChI is InChI=1S/C16H21N5O2/c1-11-15(18-10-23-11)16(22)21-6-4-5-14(21)13-8-17-7-12(19-13)9-20(2)3/h7-8,10,14H,4-6,9H2,1-3H3. The van der Waals surface area contributed by atoms with Crippen LogP contribution in [-0.2, 0) is 6.54 Å². The Morgan fingerprint density at radius 2 is 2.26 bits per heavy atom. The Balaban J connectivity index is 1.84. The van der Waals surface area contributed by atoms with Crippen LogP contribution in [0.1, 0.15) is 46.5 Å². The molecule has 0 bridgehead atoms. The number of carbonyl (C=O) groups excluding carboxylic acids is 1. The van der Waals surface area contributed by atoms with Crippen LogP contribution in [-0.4, -0.2) is 51.3 Å². The fraction of sp³-hybridized carbons (Fsp3) is 0.500. The van der Waals surface area contributed by atoms with E-state index in [2.05, 4.69) is 15.0 Å². The van der Waals surface area contributed by atoms with Crippen LogP contribution in [0.2, 0.25) is 0 Å². The molecule has 122 valence electrons. The first-order chi connectivity index (χ1) is 11.1. The van der Waals surface area contributed by atoms with E-state index in [0.29, 0.717) is 18.0 Å². The highest BCUT2D eigenvalue weighted by atomic mass is 16.3. The Hall–Kier alpha value is -2.28. The lowest BCUT2D eigenvalue weighted by Crippen LogP contribution is -2.32. The van der Waals surface area contributed by atoms with E-state index in [1.54, 1.807) is 19.3 Å². The van der Waals surface area contributed by atoms with E-state index in [-0.39, 0.29) is 11.9 Å². The summed E-state index contributed by atoms with van der Waals surface area (Å²) in [5.74, 6) is 0.451. The highest BCUT2D eigenvalue weighted by Gasteiger charge is 2.33. The van der Waals surface area contributed by atoms with Gasteiger partial charge in [0.15, 0.2) is 12.1 Å². The minimum absolute atomic E-state index is 0.0480. The molecule has 23 heavy (non-hydrogen) atoms. The SMILES string of the molecule is Cc1ocnc1C(=O)N1CCCC1c1cncc(CN(C)C)n1. The van der Waals surface area contributed by atoms with Crippen molar-refractivity contribution >= 4 is 5.91 Å². The molecule has 7 heteroatoms. The van der Waals surface area contributed by atoms with Gasteiger partial charge in [0.2, 0.25) is 0 Å². The van der Waals surface area contributed by atoms with E-state index in [9.17, 15) is 4.79 Å². The van der Waals surface area contributed by atoms with Gasteiger partial charge in [-0.3, -0.25) is 14.8 Å². The summed E-state index contributed by atoms with van der Waals surface area (Å²) >= 11 is 0. The van der Waals surface area contributed by atoms with Crippen molar-refractivity contribution in [1.82, 2.24) is 24.8 Å². The summed E-state index contributed by atoms with van der Waals surface area (Å²) in [6.07, 6.45) is 6.68. The lowest BCUT2D eigenvalue weighted by atomic mass is 10.1. The quantitative estimate of drug-likeness (QED) is 0.856. The number of rotatable bonds is 4. The summed E-state index contributed by atoms with van der Waals surface area (Å²) in [6, 6.07) is -0.0480. The first kappa shape index (κ1) is 15.6. The molecule has 0 aliphatic carbocycles. The van der Waals surface area contributed by atoms with Gasteiger partial charge in [-0.2, -0.15) is 0 Å². The number of hydrogen-bond donors (Lipinski definition) is 0. The molecule has 1 aliphatic heterocycles. The van der Waals surface area contributed by atoms with Crippen molar-refractivity contribution in [1.29, 1.82) is 0 Å². The van der Waals surface area contributed by atoms with E-state index in [1.165, 1.54) is 6.39 Å². The predicted octanol–water partition coefficient (Wildman–Crippen LogP) is 1.81. The molecule has 1 amide bonds. The molecule has 1 saturated heterocycles. The number of oxazole rings is 1. The Labute approximate surface area is 135 Å². The average Bonchev–Trinajstić information content (AvgIpc) is 3.15. The molecule has 0 spiro atoms. The molecule has 3 heterocycles. The second-order valence-corrected chi connectivity index (χ2v) is 6.09. The van der Waals surface area contributed by atoms with Crippen LogP contribution in [0, 0.1) is 6.92 Å². The predicted molar refractivity (Wildman–Crippen MR) is 83.7 cm³/mol. The molecule has 0 saturated carbocycles. The summed E-state index contributed by atoms with van der Waals surface area (Å²) < 4.78 is 5.16. The van der Waals surface area contributed by atoms with Crippen molar-refractivity contribution in [2.45, 2.75) is 32.4 Å². The zero-order valence-electron chi connectivity index (χ0n) is 13.7. The first-order valence-electron chi connectivity index (χ1n) is 7.73. The zero-order chi connectivity index (χ0) is 16.4. The van der Waals surface area contributed by atoms with Gasteiger partial charge in [0, 0.05) is 19.3 Å². The van der Waals surface area contributed by atoms with Crippen LogP contribution in [0.4, 0.5) is 0 Å². The third-order valence-corrected chi connectivity index (χ3v) is 3.98. The molecule has 0 aromatic carbocycles. The fourth-order valence-electron chi connectivity index (χ4n) is 2.95. The summed E-state index contributed by atoms with van der Waals surface area (Å²) in [7, 11) is 3.99. The molecule has 0 radical (unpaired) electrons. The molecule has 1 fully saturated rings. The lowest BCUT2D eigenvalue weighted by molar-refractivity contribution is 0.0725. The largest absolute Gasteiger partial charge is 0.448 e. The normalized spacial score (nSPS) is 17.9. The second-order valence-electron chi connectivity index (χ2n) is 6.09. The van der Waals surface area contributed by atoms with Gasteiger partial charge < -0.3 is 14.2 Å². The summed E-state index contributed by atoms with van der Waals surface area (Å²) in [4.78, 5) is 29.6. The third-order valence-electron chi connectivity index (χ3n) is 3.98. The molecule has 1 aliphatic rings. The average molecular weight is 315 g/mol. The van der Waals surface area contributed by atoms with E-state index < -0.39 is 0 Å². The van der Waals surface area contributed by atoms with E-state index in [1.807, 2.05) is 23.9 Å². The lowest BCUT2D eigenvalue weighted by Gasteiger charge is -2.24. The number of likely N-dealkylation sites (tertiary alicyclic amines) is 1. The monoisotopic (exact) mass is 315 g/mol. The van der Waals surface area contributed by atoms with Gasteiger partial charge in [0.25, 0.3) is 5.91 Å². The van der Waals surface area contributed by atoms with Crippen molar-refractivity contribution in [2.75, 3.05) is 20.6 Å². The highest BCUT2D eigenvalue weighted by molar-refractivity contribution is 5.93. The summed E-state index contributed by atoms with van der Waals surface area (Å²) in [5, 5.41) is 0. The highest BCUT2D eigenvalue weighted by Crippen LogP contribution is 2.32. The van der Waals surface area contributed by atoms with Gasteiger partial charge in [-0.15, -0.1) is 0 Å². The van der Waals surface area contributed by atoms with E-state index in [0.717, 1.165) is 30.8 Å². The van der Waals surface area contributed by atoms with Crippen molar-refractivity contribution < 1.29 is 9.21 Å². The maximum atomic E-state index is 12.7. The number of amides is 1. The Kier molecular flexibility index (Phi) is 4.38. The fourth-order valence-corrected chi connectivity index (χ4v) is 2.95. The molecular formula is C16H21N5O2. The Morgan fingerprint density at radius 3 is 2.96 bits per heavy atom. The van der Waals surface area contributed by atoms with Crippen molar-refractivity contribution in [3.05, 3.63) is 41.6 Å². The Morgan fingerprint density at radius 1 is 1.43 bits per heavy atom. The van der Waals surface area contributed by atoms with Crippen molar-refractivity contribution in [3.63, 3.8) is 0 Å².